The van der Waals surface area contributed by atoms with Gasteiger partial charge in [0.05, 0.1) is 27.7 Å². The summed E-state index contributed by atoms with van der Waals surface area (Å²) in [6.07, 6.45) is 48.9. The molecule has 0 saturated carbocycles. The van der Waals surface area contributed by atoms with E-state index in [0.29, 0.717) is 23.9 Å². The molecule has 0 aliphatic carbocycles. The molecule has 0 aromatic carbocycles. The van der Waals surface area contributed by atoms with Crippen LogP contribution in [0.4, 0.5) is 0 Å². The lowest BCUT2D eigenvalue weighted by atomic mass is 10.1. The molecule has 0 rings (SSSR count). The van der Waals surface area contributed by atoms with Gasteiger partial charge in [-0.2, -0.15) is 0 Å². The van der Waals surface area contributed by atoms with Crippen molar-refractivity contribution in [1.29, 1.82) is 0 Å². The highest BCUT2D eigenvalue weighted by Gasteiger charge is 2.27. The summed E-state index contributed by atoms with van der Waals surface area (Å²) in [5.74, 6) is -0.896. The smallest absolute Gasteiger partial charge is 0.462 e. The van der Waals surface area contributed by atoms with Gasteiger partial charge in [0.2, 0.25) is 0 Å². The van der Waals surface area contributed by atoms with Gasteiger partial charge in [0.1, 0.15) is 19.8 Å². The molecule has 1 N–H and O–H groups in total. The van der Waals surface area contributed by atoms with Crippen molar-refractivity contribution in [3.63, 3.8) is 0 Å². The molecular formula is C46H77NO8P+. The molecule has 0 bridgehead atoms. The molecule has 0 aromatic rings. The predicted molar refractivity (Wildman–Crippen MR) is 233 cm³/mol. The fraction of sp³-hybridized carbons (Fsp3) is 0.609. The van der Waals surface area contributed by atoms with Gasteiger partial charge in [0.25, 0.3) is 0 Å². The maximum Gasteiger partial charge on any atom is 0.472 e. The molecule has 0 saturated heterocycles. The molecule has 0 heterocycles. The minimum absolute atomic E-state index is 0.0125. The Morgan fingerprint density at radius 3 is 1.52 bits per heavy atom. The van der Waals surface area contributed by atoms with Crippen molar-refractivity contribution in [2.45, 2.75) is 136 Å². The highest BCUT2D eigenvalue weighted by Crippen LogP contribution is 2.43. The third kappa shape index (κ3) is 40.6. The van der Waals surface area contributed by atoms with Gasteiger partial charge in [-0.15, -0.1) is 0 Å². The van der Waals surface area contributed by atoms with Crippen LogP contribution in [0.3, 0.4) is 0 Å². The molecule has 10 heteroatoms. The number of hydrogen-bond acceptors (Lipinski definition) is 7. The molecule has 1 unspecified atom stereocenters. The van der Waals surface area contributed by atoms with Crippen molar-refractivity contribution < 1.29 is 42.1 Å². The van der Waals surface area contributed by atoms with Gasteiger partial charge in [-0.25, -0.2) is 4.57 Å². The van der Waals surface area contributed by atoms with Gasteiger partial charge in [0.15, 0.2) is 6.10 Å². The lowest BCUT2D eigenvalue weighted by Crippen LogP contribution is -2.37. The van der Waals surface area contributed by atoms with Crippen molar-refractivity contribution in [2.75, 3.05) is 47.5 Å². The molecule has 9 nitrogen and oxygen atoms in total. The van der Waals surface area contributed by atoms with E-state index >= 15 is 0 Å². The minimum atomic E-state index is -4.40. The van der Waals surface area contributed by atoms with Gasteiger partial charge in [-0.1, -0.05) is 124 Å². The quantitative estimate of drug-likeness (QED) is 0.0219. The third-order valence-electron chi connectivity index (χ3n) is 8.08. The monoisotopic (exact) mass is 803 g/mol. The summed E-state index contributed by atoms with van der Waals surface area (Å²) in [5.41, 5.74) is 0. The average Bonchev–Trinajstić information content (AvgIpc) is 3.15. The summed E-state index contributed by atoms with van der Waals surface area (Å²) in [5, 5.41) is 0. The van der Waals surface area contributed by atoms with Crippen LogP contribution in [-0.4, -0.2) is 74.9 Å². The first kappa shape index (κ1) is 52.9. The number of unbranched alkanes of at least 4 members (excludes halogenated alkanes) is 6. The molecule has 0 aliphatic rings. The number of hydrogen-bond donors (Lipinski definition) is 1. The summed E-state index contributed by atoms with van der Waals surface area (Å²) >= 11 is 0. The number of carbonyl (C=O) groups excluding carboxylic acids is 2. The first-order chi connectivity index (χ1) is 27.0. The number of allylic oxidation sites excluding steroid dienone is 16. The van der Waals surface area contributed by atoms with Gasteiger partial charge >= 0.3 is 19.8 Å². The number of quaternary nitrogens is 1. The second-order valence-electron chi connectivity index (χ2n) is 14.6. The van der Waals surface area contributed by atoms with Gasteiger partial charge < -0.3 is 18.9 Å². The Morgan fingerprint density at radius 2 is 1.02 bits per heavy atom. The fourth-order valence-electron chi connectivity index (χ4n) is 4.82. The maximum absolute atomic E-state index is 12.7. The van der Waals surface area contributed by atoms with Crippen LogP contribution in [0.2, 0.25) is 0 Å². The number of nitrogens with zero attached hydrogens (tertiary/aromatic N) is 1. The maximum atomic E-state index is 12.7. The second kappa shape index (κ2) is 37.5. The topological polar surface area (TPSA) is 108 Å². The van der Waals surface area contributed by atoms with Crippen LogP contribution in [0.15, 0.2) is 97.2 Å². The van der Waals surface area contributed by atoms with E-state index in [1.54, 1.807) is 0 Å². The number of carbonyl (C=O) groups is 2. The average molecular weight is 803 g/mol. The number of phosphoric acid groups is 1. The summed E-state index contributed by atoms with van der Waals surface area (Å²) in [6, 6.07) is 0. The Balaban J connectivity index is 4.55. The zero-order chi connectivity index (χ0) is 41.4. The molecule has 0 radical (unpaired) electrons. The molecule has 2 atom stereocenters. The van der Waals surface area contributed by atoms with Gasteiger partial charge in [-0.3, -0.25) is 18.6 Å². The van der Waals surface area contributed by atoms with Crippen molar-refractivity contribution in [3.8, 4) is 0 Å². The van der Waals surface area contributed by atoms with Gasteiger partial charge in [0, 0.05) is 12.8 Å². The molecule has 56 heavy (non-hydrogen) atoms. The number of esters is 2. The highest BCUT2D eigenvalue weighted by molar-refractivity contribution is 7.47. The van der Waals surface area contributed by atoms with Crippen LogP contribution in [-0.2, 0) is 32.7 Å². The molecule has 0 aromatic heterocycles. The van der Waals surface area contributed by atoms with Crippen LogP contribution < -0.4 is 0 Å². The molecular weight excluding hydrogens is 725 g/mol. The Hall–Kier alpha value is -3.07. The normalized spacial score (nSPS) is 14.6. The third-order valence-corrected chi connectivity index (χ3v) is 9.06. The number of ether oxygens (including phenoxy) is 2. The largest absolute Gasteiger partial charge is 0.472 e. The molecule has 0 amide bonds. The Kier molecular flexibility index (Phi) is 35.4. The van der Waals surface area contributed by atoms with Crippen LogP contribution in [0.5, 0.6) is 0 Å². The van der Waals surface area contributed by atoms with Crippen molar-refractivity contribution in [1.82, 2.24) is 0 Å². The Bertz CT molecular complexity index is 1270. The van der Waals surface area contributed by atoms with E-state index in [2.05, 4.69) is 111 Å². The summed E-state index contributed by atoms with van der Waals surface area (Å²) < 4.78 is 34.2. The van der Waals surface area contributed by atoms with Gasteiger partial charge in [-0.05, 0) is 89.9 Å². The summed E-state index contributed by atoms with van der Waals surface area (Å²) in [7, 11) is 1.41. The number of phosphoric ester groups is 1. The SMILES string of the molecule is CC/C=C/C/C=C/C/C=C/C/C=C/CCCCC(=O)OC[C@H](COP(=O)(O)OCC[N+](C)(C)C)OC(=O)CCCCC/C=C/C/C=C/C/C=C/C/C=C/CCC. The van der Waals surface area contributed by atoms with Crippen molar-refractivity contribution in [2.24, 2.45) is 0 Å². The summed E-state index contributed by atoms with van der Waals surface area (Å²) in [4.78, 5) is 35.3. The van der Waals surface area contributed by atoms with E-state index < -0.39 is 32.5 Å². The Morgan fingerprint density at radius 1 is 0.571 bits per heavy atom. The number of rotatable bonds is 36. The van der Waals surface area contributed by atoms with Crippen LogP contribution in [0.25, 0.3) is 0 Å². The van der Waals surface area contributed by atoms with E-state index in [-0.39, 0.29) is 26.1 Å². The first-order valence-corrected chi connectivity index (χ1v) is 22.5. The van der Waals surface area contributed by atoms with E-state index in [4.69, 9.17) is 18.5 Å². The number of likely N-dealkylation sites (N-methyl/N-ethyl adjacent to an activating group) is 1. The Labute approximate surface area is 341 Å². The highest BCUT2D eigenvalue weighted by atomic mass is 31.2. The van der Waals surface area contributed by atoms with E-state index in [1.807, 2.05) is 21.1 Å². The molecule has 0 fully saturated rings. The molecule has 0 aliphatic heterocycles. The van der Waals surface area contributed by atoms with Crippen LogP contribution in [0.1, 0.15) is 129 Å². The molecule has 318 valence electrons. The summed E-state index contributed by atoms with van der Waals surface area (Å²) in [6.45, 7) is 4.11. The van der Waals surface area contributed by atoms with Crippen molar-refractivity contribution in [3.05, 3.63) is 97.2 Å². The molecule has 0 spiro atoms. The minimum Gasteiger partial charge on any atom is -0.462 e. The van der Waals surface area contributed by atoms with Crippen LogP contribution in [0, 0.1) is 0 Å². The zero-order valence-electron chi connectivity index (χ0n) is 35.6. The standard InChI is InChI=1S/C46H76NO8P/c1-6-8-10-12-14-16-18-20-22-23-25-27-29-31-33-35-37-39-46(49)55-44(43-54-56(50,51)53-41-40-47(3,4)5)42-52-45(48)38-36-34-32-30-28-26-24-21-19-17-15-13-11-9-7-2/h9-12,15-18,21-24,27-30,44H,6-8,13-14,19-20,25-26,31-43H2,1-5H3/p+1/b11-9+,12-10+,17-15+,18-16+,23-22+,24-21+,29-27+,30-28+/t44-/m1/s1. The first-order valence-electron chi connectivity index (χ1n) is 21.0. The van der Waals surface area contributed by atoms with Crippen molar-refractivity contribution >= 4 is 19.8 Å². The van der Waals surface area contributed by atoms with E-state index in [0.717, 1.165) is 83.5 Å². The van der Waals surface area contributed by atoms with Crippen LogP contribution >= 0.6 is 7.82 Å². The fourth-order valence-corrected chi connectivity index (χ4v) is 5.56. The zero-order valence-corrected chi connectivity index (χ0v) is 36.5. The van der Waals surface area contributed by atoms with E-state index in [9.17, 15) is 19.0 Å². The lowest BCUT2D eigenvalue weighted by Gasteiger charge is -2.24. The predicted octanol–water partition coefficient (Wildman–Crippen LogP) is 11.8. The van der Waals surface area contributed by atoms with E-state index in [1.165, 1.54) is 6.42 Å². The lowest BCUT2D eigenvalue weighted by molar-refractivity contribution is -0.870. The second-order valence-corrected chi connectivity index (χ2v) is 16.1.